The van der Waals surface area contributed by atoms with E-state index < -0.39 is 0 Å². The first-order chi connectivity index (χ1) is 8.22. The molecule has 1 aromatic carbocycles. The van der Waals surface area contributed by atoms with Gasteiger partial charge in [-0.1, -0.05) is 17.7 Å². The van der Waals surface area contributed by atoms with Crippen LogP contribution in [-0.2, 0) is 6.54 Å². The second-order valence-electron chi connectivity index (χ2n) is 4.41. The zero-order chi connectivity index (χ0) is 12.3. The van der Waals surface area contributed by atoms with Crippen LogP contribution in [0.5, 0.6) is 5.75 Å². The van der Waals surface area contributed by atoms with Crippen LogP contribution in [0.3, 0.4) is 0 Å². The van der Waals surface area contributed by atoms with E-state index in [1.807, 2.05) is 18.2 Å². The van der Waals surface area contributed by atoms with Gasteiger partial charge in [0.25, 0.3) is 0 Å². The first-order valence-corrected chi connectivity index (χ1v) is 6.33. The zero-order valence-corrected chi connectivity index (χ0v) is 10.7. The molecule has 1 aromatic rings. The summed E-state index contributed by atoms with van der Waals surface area (Å²) in [7, 11) is 1.64. The maximum Gasteiger partial charge on any atom is 0.124 e. The lowest BCUT2D eigenvalue weighted by molar-refractivity contribution is 0.148. The number of halogens is 1. The number of hydrogen-bond donors (Lipinski definition) is 2. The van der Waals surface area contributed by atoms with E-state index >= 15 is 0 Å². The van der Waals surface area contributed by atoms with E-state index in [1.54, 1.807) is 7.11 Å². The number of rotatable bonds is 4. The van der Waals surface area contributed by atoms with E-state index in [4.69, 9.17) is 16.3 Å². The van der Waals surface area contributed by atoms with Gasteiger partial charge in [0.2, 0.25) is 0 Å². The lowest BCUT2D eigenvalue weighted by Gasteiger charge is -2.18. The van der Waals surface area contributed by atoms with Gasteiger partial charge in [-0.2, -0.15) is 0 Å². The molecule has 2 rings (SSSR count). The number of aliphatic hydroxyl groups is 1. The molecule has 0 amide bonds. The normalized spacial score (nSPS) is 23.9. The van der Waals surface area contributed by atoms with Gasteiger partial charge in [0.1, 0.15) is 5.75 Å². The highest BCUT2D eigenvalue weighted by molar-refractivity contribution is 6.31. The molecule has 0 saturated heterocycles. The summed E-state index contributed by atoms with van der Waals surface area (Å²) in [6.07, 6.45) is 2.76. The molecule has 4 heteroatoms. The summed E-state index contributed by atoms with van der Waals surface area (Å²) in [5.41, 5.74) is 0.954. The van der Waals surface area contributed by atoms with Crippen molar-refractivity contribution in [3.8, 4) is 5.75 Å². The van der Waals surface area contributed by atoms with Crippen LogP contribution in [0.1, 0.15) is 24.8 Å². The third-order valence-electron chi connectivity index (χ3n) is 3.32. The molecule has 1 fully saturated rings. The molecule has 0 heterocycles. The highest BCUT2D eigenvalue weighted by Crippen LogP contribution is 2.27. The number of hydrogen-bond acceptors (Lipinski definition) is 3. The van der Waals surface area contributed by atoms with Gasteiger partial charge < -0.3 is 15.2 Å². The maximum absolute atomic E-state index is 9.74. The van der Waals surface area contributed by atoms with Gasteiger partial charge >= 0.3 is 0 Å². The second kappa shape index (κ2) is 5.71. The number of aliphatic hydroxyl groups excluding tert-OH is 1. The molecule has 0 aromatic heterocycles. The minimum absolute atomic E-state index is 0.177. The van der Waals surface area contributed by atoms with Crippen LogP contribution < -0.4 is 10.1 Å². The molecular formula is C13H18ClNO2. The predicted molar refractivity (Wildman–Crippen MR) is 68.5 cm³/mol. The Kier molecular flexibility index (Phi) is 4.26. The molecule has 94 valence electrons. The quantitative estimate of drug-likeness (QED) is 0.868. The Morgan fingerprint density at radius 1 is 1.47 bits per heavy atom. The topological polar surface area (TPSA) is 41.5 Å². The molecule has 17 heavy (non-hydrogen) atoms. The van der Waals surface area contributed by atoms with Crippen LogP contribution in [0.25, 0.3) is 0 Å². The predicted octanol–water partition coefficient (Wildman–Crippen LogP) is 2.35. The first-order valence-electron chi connectivity index (χ1n) is 5.95. The standard InChI is InChI=1S/C13H18ClNO2/c1-17-13-7-2-4-10(14)9(13)8-15-11-5-3-6-12(11)16/h2,4,7,11-12,15-16H,3,5-6,8H2,1H3/t11-,12-/m1/s1. The van der Waals surface area contributed by atoms with E-state index in [0.29, 0.717) is 11.6 Å². The van der Waals surface area contributed by atoms with Crippen molar-refractivity contribution in [3.63, 3.8) is 0 Å². The summed E-state index contributed by atoms with van der Waals surface area (Å²) in [5, 5.41) is 13.8. The van der Waals surface area contributed by atoms with Crippen LogP contribution in [0.4, 0.5) is 0 Å². The molecule has 3 nitrogen and oxygen atoms in total. The Morgan fingerprint density at radius 2 is 2.29 bits per heavy atom. The lowest BCUT2D eigenvalue weighted by atomic mass is 10.1. The second-order valence-corrected chi connectivity index (χ2v) is 4.81. The molecule has 0 bridgehead atoms. The molecule has 0 spiro atoms. The number of ether oxygens (including phenoxy) is 1. The number of methoxy groups -OCH3 is 1. The Balaban J connectivity index is 2.03. The van der Waals surface area contributed by atoms with Crippen LogP contribution in [0, 0.1) is 0 Å². The van der Waals surface area contributed by atoms with Crippen LogP contribution >= 0.6 is 11.6 Å². The van der Waals surface area contributed by atoms with Gasteiger partial charge in [-0.05, 0) is 31.4 Å². The SMILES string of the molecule is COc1cccc(Cl)c1CN[C@@H]1CCC[C@H]1O. The average molecular weight is 256 g/mol. The monoisotopic (exact) mass is 255 g/mol. The van der Waals surface area contributed by atoms with Gasteiger partial charge in [-0.25, -0.2) is 0 Å². The summed E-state index contributed by atoms with van der Waals surface area (Å²) < 4.78 is 5.28. The molecular weight excluding hydrogens is 238 g/mol. The molecule has 2 atom stereocenters. The van der Waals surface area contributed by atoms with E-state index in [-0.39, 0.29) is 12.1 Å². The van der Waals surface area contributed by atoms with Crippen molar-refractivity contribution in [2.24, 2.45) is 0 Å². The molecule has 0 aliphatic heterocycles. The maximum atomic E-state index is 9.74. The van der Waals surface area contributed by atoms with Crippen molar-refractivity contribution < 1.29 is 9.84 Å². The van der Waals surface area contributed by atoms with Crippen molar-refractivity contribution in [2.75, 3.05) is 7.11 Å². The Labute approximate surface area is 107 Å². The van der Waals surface area contributed by atoms with E-state index in [9.17, 15) is 5.11 Å². The van der Waals surface area contributed by atoms with Crippen molar-refractivity contribution >= 4 is 11.6 Å². The average Bonchev–Trinajstić information content (AvgIpc) is 2.73. The van der Waals surface area contributed by atoms with Gasteiger partial charge in [-0.15, -0.1) is 0 Å². The Hall–Kier alpha value is -0.770. The van der Waals surface area contributed by atoms with Crippen LogP contribution in [0.2, 0.25) is 5.02 Å². The van der Waals surface area contributed by atoms with Gasteiger partial charge in [0.05, 0.1) is 13.2 Å². The van der Waals surface area contributed by atoms with Gasteiger partial charge in [0, 0.05) is 23.2 Å². The summed E-state index contributed by atoms with van der Waals surface area (Å²) in [6.45, 7) is 0.630. The fraction of sp³-hybridized carbons (Fsp3) is 0.538. The van der Waals surface area contributed by atoms with Crippen molar-refractivity contribution in [2.45, 2.75) is 38.0 Å². The highest BCUT2D eigenvalue weighted by atomic mass is 35.5. The van der Waals surface area contributed by atoms with Crippen LogP contribution in [-0.4, -0.2) is 24.4 Å². The largest absolute Gasteiger partial charge is 0.496 e. The lowest BCUT2D eigenvalue weighted by Crippen LogP contribution is -2.35. The van der Waals surface area contributed by atoms with Gasteiger partial charge in [-0.3, -0.25) is 0 Å². The highest BCUT2D eigenvalue weighted by Gasteiger charge is 2.24. The summed E-state index contributed by atoms with van der Waals surface area (Å²) >= 11 is 6.15. The van der Waals surface area contributed by atoms with Crippen molar-refractivity contribution in [3.05, 3.63) is 28.8 Å². The summed E-state index contributed by atoms with van der Waals surface area (Å²) in [5.74, 6) is 0.789. The number of benzene rings is 1. The minimum Gasteiger partial charge on any atom is -0.496 e. The van der Waals surface area contributed by atoms with E-state index in [0.717, 1.165) is 30.6 Å². The summed E-state index contributed by atoms with van der Waals surface area (Å²) in [4.78, 5) is 0. The Bertz CT molecular complexity index is 384. The van der Waals surface area contributed by atoms with E-state index in [1.165, 1.54) is 0 Å². The van der Waals surface area contributed by atoms with Crippen molar-refractivity contribution in [1.29, 1.82) is 0 Å². The third-order valence-corrected chi connectivity index (χ3v) is 3.67. The fourth-order valence-corrected chi connectivity index (χ4v) is 2.55. The molecule has 1 aliphatic rings. The van der Waals surface area contributed by atoms with Crippen LogP contribution in [0.15, 0.2) is 18.2 Å². The third kappa shape index (κ3) is 2.92. The van der Waals surface area contributed by atoms with E-state index in [2.05, 4.69) is 5.32 Å². The first kappa shape index (κ1) is 12.7. The molecule has 2 N–H and O–H groups in total. The molecule has 0 radical (unpaired) electrons. The Morgan fingerprint density at radius 3 is 2.94 bits per heavy atom. The molecule has 1 aliphatic carbocycles. The smallest absolute Gasteiger partial charge is 0.124 e. The molecule has 0 unspecified atom stereocenters. The minimum atomic E-state index is -0.233. The zero-order valence-electron chi connectivity index (χ0n) is 9.95. The number of nitrogens with one attached hydrogen (secondary N) is 1. The molecule has 1 saturated carbocycles. The van der Waals surface area contributed by atoms with Crippen molar-refractivity contribution in [1.82, 2.24) is 5.32 Å². The fourth-order valence-electron chi connectivity index (χ4n) is 2.31. The summed E-state index contributed by atoms with van der Waals surface area (Å²) in [6, 6.07) is 5.80. The van der Waals surface area contributed by atoms with Gasteiger partial charge in [0.15, 0.2) is 0 Å².